The summed E-state index contributed by atoms with van der Waals surface area (Å²) in [7, 11) is 1.81. The number of halogens is 1. The van der Waals surface area contributed by atoms with Crippen molar-refractivity contribution in [2.24, 2.45) is 7.05 Å². The lowest BCUT2D eigenvalue weighted by Gasteiger charge is -2.34. The Bertz CT molecular complexity index is 503. The number of carboxylic acid groups (broad SMARTS) is 1. The zero-order chi connectivity index (χ0) is 14.0. The fourth-order valence-electron chi connectivity index (χ4n) is 2.18. The van der Waals surface area contributed by atoms with Crippen molar-refractivity contribution in [3.8, 4) is 0 Å². The topological polar surface area (TPSA) is 62.5 Å². The number of nitrogens with zero attached hydrogens (tertiary/aromatic N) is 2. The lowest BCUT2D eigenvalue weighted by atomic mass is 10.2. The van der Waals surface area contributed by atoms with E-state index in [1.54, 1.807) is 27.3 Å². The van der Waals surface area contributed by atoms with Crippen LogP contribution < -0.4 is 0 Å². The van der Waals surface area contributed by atoms with Crippen molar-refractivity contribution < 1.29 is 14.7 Å². The molecule has 0 spiro atoms. The molecular formula is C12H15BrN2O3S. The van der Waals surface area contributed by atoms with E-state index < -0.39 is 5.97 Å². The predicted octanol–water partition coefficient (Wildman–Crippen LogP) is 1.82. The fourth-order valence-corrected chi connectivity index (χ4v) is 3.76. The third-order valence-electron chi connectivity index (χ3n) is 3.09. The molecule has 1 saturated heterocycles. The van der Waals surface area contributed by atoms with Crippen molar-refractivity contribution in [3.05, 3.63) is 22.4 Å². The van der Waals surface area contributed by atoms with Gasteiger partial charge in [-0.25, -0.2) is 0 Å². The van der Waals surface area contributed by atoms with E-state index in [1.165, 1.54) is 0 Å². The standard InChI is InChI=1S/C12H15BrN2O3S/c1-14-6-8(13)4-10(14)12(18)15-2-3-19-7-9(15)5-11(16)17/h4,6,9H,2-3,5,7H2,1H3,(H,16,17). The molecule has 5 nitrogen and oxygen atoms in total. The molecule has 19 heavy (non-hydrogen) atoms. The highest BCUT2D eigenvalue weighted by molar-refractivity contribution is 9.10. The third kappa shape index (κ3) is 3.33. The van der Waals surface area contributed by atoms with Crippen LogP contribution >= 0.6 is 27.7 Å². The molecule has 2 heterocycles. The van der Waals surface area contributed by atoms with E-state index in [0.717, 1.165) is 10.2 Å². The van der Waals surface area contributed by atoms with Crippen molar-refractivity contribution in [3.63, 3.8) is 0 Å². The lowest BCUT2D eigenvalue weighted by molar-refractivity contribution is -0.138. The Morgan fingerprint density at radius 1 is 1.58 bits per heavy atom. The quantitative estimate of drug-likeness (QED) is 0.906. The summed E-state index contributed by atoms with van der Waals surface area (Å²) in [6.07, 6.45) is 1.82. The molecule has 1 fully saturated rings. The summed E-state index contributed by atoms with van der Waals surface area (Å²) >= 11 is 5.04. The molecular weight excluding hydrogens is 332 g/mol. The van der Waals surface area contributed by atoms with Crippen LogP contribution in [0.3, 0.4) is 0 Å². The van der Waals surface area contributed by atoms with E-state index in [2.05, 4.69) is 15.9 Å². The van der Waals surface area contributed by atoms with Crippen LogP contribution in [0, 0.1) is 0 Å². The largest absolute Gasteiger partial charge is 0.481 e. The first-order valence-corrected chi connectivity index (χ1v) is 7.86. The minimum atomic E-state index is -0.863. The van der Waals surface area contributed by atoms with Crippen LogP contribution in [0.25, 0.3) is 0 Å². The molecule has 1 amide bonds. The highest BCUT2D eigenvalue weighted by Gasteiger charge is 2.30. The van der Waals surface area contributed by atoms with E-state index in [1.807, 2.05) is 13.2 Å². The number of aromatic nitrogens is 1. The Morgan fingerprint density at radius 2 is 2.32 bits per heavy atom. The average Bonchev–Trinajstić information content (AvgIpc) is 2.67. The number of carboxylic acids is 1. The van der Waals surface area contributed by atoms with Crippen molar-refractivity contribution in [2.75, 3.05) is 18.1 Å². The van der Waals surface area contributed by atoms with Crippen molar-refractivity contribution in [2.45, 2.75) is 12.5 Å². The number of thioether (sulfide) groups is 1. The first-order chi connectivity index (χ1) is 8.99. The maximum Gasteiger partial charge on any atom is 0.305 e. The Labute approximate surface area is 124 Å². The molecule has 1 atom stereocenters. The number of hydrogen-bond donors (Lipinski definition) is 1. The summed E-state index contributed by atoms with van der Waals surface area (Å²) in [5.41, 5.74) is 0.578. The van der Waals surface area contributed by atoms with Gasteiger partial charge in [0.2, 0.25) is 0 Å². The molecule has 7 heteroatoms. The second-order valence-electron chi connectivity index (χ2n) is 4.48. The second kappa shape index (κ2) is 6.00. The molecule has 1 aromatic heterocycles. The lowest BCUT2D eigenvalue weighted by Crippen LogP contribution is -2.47. The van der Waals surface area contributed by atoms with Crippen LogP contribution in [0.5, 0.6) is 0 Å². The van der Waals surface area contributed by atoms with Crippen LogP contribution in [0.15, 0.2) is 16.7 Å². The van der Waals surface area contributed by atoms with Crippen LogP contribution in [-0.2, 0) is 11.8 Å². The summed E-state index contributed by atoms with van der Waals surface area (Å²) in [4.78, 5) is 25.1. The van der Waals surface area contributed by atoms with Gasteiger partial charge in [0.15, 0.2) is 0 Å². The molecule has 0 radical (unpaired) electrons. The van der Waals surface area contributed by atoms with Gasteiger partial charge in [0, 0.05) is 35.8 Å². The molecule has 0 saturated carbocycles. The van der Waals surface area contributed by atoms with Gasteiger partial charge in [-0.05, 0) is 22.0 Å². The molecule has 1 aromatic rings. The van der Waals surface area contributed by atoms with Crippen LogP contribution in [-0.4, -0.2) is 50.5 Å². The number of hydrogen-bond acceptors (Lipinski definition) is 3. The van der Waals surface area contributed by atoms with Gasteiger partial charge in [-0.1, -0.05) is 0 Å². The van der Waals surface area contributed by atoms with Gasteiger partial charge in [-0.2, -0.15) is 11.8 Å². The monoisotopic (exact) mass is 346 g/mol. The maximum absolute atomic E-state index is 12.5. The molecule has 0 aliphatic carbocycles. The summed E-state index contributed by atoms with van der Waals surface area (Å²) < 4.78 is 2.60. The van der Waals surface area contributed by atoms with E-state index in [-0.39, 0.29) is 18.4 Å². The molecule has 0 bridgehead atoms. The van der Waals surface area contributed by atoms with Gasteiger partial charge < -0.3 is 14.6 Å². The minimum Gasteiger partial charge on any atom is -0.481 e. The van der Waals surface area contributed by atoms with E-state index in [4.69, 9.17) is 5.11 Å². The fraction of sp³-hybridized carbons (Fsp3) is 0.500. The smallest absolute Gasteiger partial charge is 0.305 e. The number of carbonyl (C=O) groups excluding carboxylic acids is 1. The molecule has 1 aliphatic heterocycles. The van der Waals surface area contributed by atoms with Crippen molar-refractivity contribution in [1.82, 2.24) is 9.47 Å². The number of amides is 1. The Balaban J connectivity index is 2.19. The molecule has 1 N–H and O–H groups in total. The first kappa shape index (κ1) is 14.5. The number of aryl methyl sites for hydroxylation is 1. The Morgan fingerprint density at radius 3 is 2.89 bits per heavy atom. The zero-order valence-electron chi connectivity index (χ0n) is 10.5. The number of carbonyl (C=O) groups is 2. The Hall–Kier alpha value is -0.950. The van der Waals surface area contributed by atoms with Gasteiger partial charge in [0.1, 0.15) is 5.69 Å². The highest BCUT2D eigenvalue weighted by atomic mass is 79.9. The van der Waals surface area contributed by atoms with Gasteiger partial charge >= 0.3 is 5.97 Å². The third-order valence-corrected chi connectivity index (χ3v) is 4.61. The normalized spacial score (nSPS) is 19.5. The molecule has 2 rings (SSSR count). The first-order valence-electron chi connectivity index (χ1n) is 5.91. The summed E-state index contributed by atoms with van der Waals surface area (Å²) in [6.45, 7) is 0.601. The van der Waals surface area contributed by atoms with E-state index in [9.17, 15) is 9.59 Å². The van der Waals surface area contributed by atoms with Gasteiger partial charge in [0.05, 0.1) is 12.5 Å². The van der Waals surface area contributed by atoms with Gasteiger partial charge in [0.25, 0.3) is 5.91 Å². The van der Waals surface area contributed by atoms with E-state index >= 15 is 0 Å². The van der Waals surface area contributed by atoms with Gasteiger partial charge in [-0.3, -0.25) is 9.59 Å². The van der Waals surface area contributed by atoms with Crippen LogP contribution in [0.4, 0.5) is 0 Å². The summed E-state index contributed by atoms with van der Waals surface area (Å²) in [5, 5.41) is 8.93. The zero-order valence-corrected chi connectivity index (χ0v) is 12.9. The SMILES string of the molecule is Cn1cc(Br)cc1C(=O)N1CCSCC1CC(=O)O. The predicted molar refractivity (Wildman–Crippen MR) is 77.5 cm³/mol. The van der Waals surface area contributed by atoms with Gasteiger partial charge in [-0.15, -0.1) is 0 Å². The summed E-state index contributed by atoms with van der Waals surface area (Å²) in [5.74, 6) is 0.579. The minimum absolute atomic E-state index is 0.00430. The molecule has 1 unspecified atom stereocenters. The molecule has 104 valence electrons. The van der Waals surface area contributed by atoms with E-state index in [0.29, 0.717) is 18.0 Å². The average molecular weight is 347 g/mol. The van der Waals surface area contributed by atoms with Crippen LogP contribution in [0.1, 0.15) is 16.9 Å². The number of aliphatic carboxylic acids is 1. The highest BCUT2D eigenvalue weighted by Crippen LogP contribution is 2.23. The van der Waals surface area contributed by atoms with Crippen LogP contribution in [0.2, 0.25) is 0 Å². The Kier molecular flexibility index (Phi) is 4.57. The molecule has 1 aliphatic rings. The summed E-state index contributed by atoms with van der Waals surface area (Å²) in [6, 6.07) is 1.54. The maximum atomic E-state index is 12.5. The number of rotatable bonds is 3. The van der Waals surface area contributed by atoms with Crippen molar-refractivity contribution >= 4 is 39.6 Å². The van der Waals surface area contributed by atoms with Crippen molar-refractivity contribution in [1.29, 1.82) is 0 Å². The molecule has 0 aromatic carbocycles. The second-order valence-corrected chi connectivity index (χ2v) is 6.55.